The summed E-state index contributed by atoms with van der Waals surface area (Å²) in [4.78, 5) is 0. The summed E-state index contributed by atoms with van der Waals surface area (Å²) in [6.45, 7) is 1.79. The summed E-state index contributed by atoms with van der Waals surface area (Å²) < 4.78 is 15.2. The van der Waals surface area contributed by atoms with Gasteiger partial charge in [0.1, 0.15) is 5.82 Å². The maximum atomic E-state index is 13.4. The van der Waals surface area contributed by atoms with Crippen molar-refractivity contribution in [1.82, 2.24) is 15.1 Å². The van der Waals surface area contributed by atoms with Crippen LogP contribution in [0.25, 0.3) is 0 Å². The molecule has 2 heterocycles. The summed E-state index contributed by atoms with van der Waals surface area (Å²) >= 11 is 0. The Morgan fingerprint density at radius 3 is 2.83 bits per heavy atom. The fourth-order valence-corrected chi connectivity index (χ4v) is 2.63. The van der Waals surface area contributed by atoms with E-state index in [0.717, 1.165) is 25.1 Å². The number of aromatic nitrogens is 2. The summed E-state index contributed by atoms with van der Waals surface area (Å²) in [7, 11) is 1.91. The van der Waals surface area contributed by atoms with Crippen LogP contribution in [0.5, 0.6) is 0 Å². The molecule has 1 aromatic carbocycles. The van der Waals surface area contributed by atoms with Crippen molar-refractivity contribution in [2.75, 3.05) is 13.1 Å². The average Bonchev–Trinajstić information content (AvgIpc) is 2.69. The van der Waals surface area contributed by atoms with Gasteiger partial charge in [-0.3, -0.25) is 4.68 Å². The zero-order valence-electron chi connectivity index (χ0n) is 10.4. The van der Waals surface area contributed by atoms with Gasteiger partial charge in [0.05, 0.1) is 6.20 Å². The molecule has 0 radical (unpaired) electrons. The smallest absolute Gasteiger partial charge is 0.123 e. The molecule has 0 atom stereocenters. The second kappa shape index (κ2) is 4.21. The van der Waals surface area contributed by atoms with Gasteiger partial charge in [-0.2, -0.15) is 5.10 Å². The second-order valence-electron chi connectivity index (χ2n) is 5.09. The third-order valence-corrected chi connectivity index (χ3v) is 3.66. The molecular weight excluding hydrogens is 229 g/mol. The Labute approximate surface area is 106 Å². The highest BCUT2D eigenvalue weighted by atomic mass is 19.1. The van der Waals surface area contributed by atoms with E-state index in [1.807, 2.05) is 25.5 Å². The summed E-state index contributed by atoms with van der Waals surface area (Å²) in [6.07, 6.45) is 4.82. The van der Waals surface area contributed by atoms with Crippen LogP contribution in [0.1, 0.15) is 11.1 Å². The van der Waals surface area contributed by atoms with Gasteiger partial charge in [-0.15, -0.1) is 0 Å². The SMILES string of the molecule is Cn1cc(CC2(c3cccc(F)c3)CNC2)cn1. The van der Waals surface area contributed by atoms with E-state index in [9.17, 15) is 4.39 Å². The predicted molar refractivity (Wildman–Crippen MR) is 67.9 cm³/mol. The van der Waals surface area contributed by atoms with Crippen LogP contribution in [0.3, 0.4) is 0 Å². The number of benzene rings is 1. The van der Waals surface area contributed by atoms with Crippen LogP contribution in [-0.4, -0.2) is 22.9 Å². The minimum Gasteiger partial charge on any atom is -0.315 e. The third kappa shape index (κ3) is 1.93. The van der Waals surface area contributed by atoms with E-state index in [0.29, 0.717) is 0 Å². The Morgan fingerprint density at radius 1 is 1.44 bits per heavy atom. The number of aryl methyl sites for hydroxylation is 1. The lowest BCUT2D eigenvalue weighted by Crippen LogP contribution is -2.58. The largest absolute Gasteiger partial charge is 0.315 e. The molecule has 0 spiro atoms. The molecule has 94 valence electrons. The van der Waals surface area contributed by atoms with Gasteiger partial charge in [-0.05, 0) is 29.7 Å². The molecule has 1 N–H and O–H groups in total. The molecule has 1 saturated heterocycles. The minimum absolute atomic E-state index is 0.0190. The quantitative estimate of drug-likeness (QED) is 0.891. The molecule has 4 heteroatoms. The van der Waals surface area contributed by atoms with Crippen LogP contribution < -0.4 is 5.32 Å². The van der Waals surface area contributed by atoms with E-state index < -0.39 is 0 Å². The Kier molecular flexibility index (Phi) is 2.67. The highest BCUT2D eigenvalue weighted by molar-refractivity contribution is 5.33. The van der Waals surface area contributed by atoms with E-state index in [1.54, 1.807) is 16.8 Å². The van der Waals surface area contributed by atoms with Crippen molar-refractivity contribution in [3.8, 4) is 0 Å². The first kappa shape index (κ1) is 11.4. The zero-order chi connectivity index (χ0) is 12.6. The standard InChI is InChI=1S/C14H16FN3/c1-18-8-11(7-17-18)6-14(9-16-10-14)12-3-2-4-13(15)5-12/h2-5,7-8,16H,6,9-10H2,1H3. The number of hydrogen-bond donors (Lipinski definition) is 1. The molecule has 1 fully saturated rings. The van der Waals surface area contributed by atoms with Gasteiger partial charge in [0, 0.05) is 31.7 Å². The second-order valence-corrected chi connectivity index (χ2v) is 5.09. The highest BCUT2D eigenvalue weighted by Crippen LogP contribution is 2.32. The van der Waals surface area contributed by atoms with E-state index >= 15 is 0 Å². The first-order chi connectivity index (χ1) is 8.68. The molecule has 1 aliphatic heterocycles. The van der Waals surface area contributed by atoms with Crippen LogP contribution in [0.15, 0.2) is 36.7 Å². The van der Waals surface area contributed by atoms with Crippen molar-refractivity contribution < 1.29 is 4.39 Å². The lowest BCUT2D eigenvalue weighted by Gasteiger charge is -2.43. The molecule has 0 amide bonds. The summed E-state index contributed by atoms with van der Waals surface area (Å²) in [6, 6.07) is 6.94. The highest BCUT2D eigenvalue weighted by Gasteiger charge is 2.39. The van der Waals surface area contributed by atoms with Crippen molar-refractivity contribution in [1.29, 1.82) is 0 Å². The van der Waals surface area contributed by atoms with E-state index in [4.69, 9.17) is 0 Å². The Hall–Kier alpha value is -1.68. The predicted octanol–water partition coefficient (Wildman–Crippen LogP) is 1.64. The van der Waals surface area contributed by atoms with Crippen LogP contribution >= 0.6 is 0 Å². The number of nitrogens with zero attached hydrogens (tertiary/aromatic N) is 2. The lowest BCUT2D eigenvalue weighted by atomic mass is 9.71. The molecule has 1 aliphatic rings. The normalized spacial score (nSPS) is 17.4. The molecule has 2 aromatic rings. The summed E-state index contributed by atoms with van der Waals surface area (Å²) in [5.41, 5.74) is 2.29. The number of hydrogen-bond acceptors (Lipinski definition) is 2. The van der Waals surface area contributed by atoms with Gasteiger partial charge in [0.15, 0.2) is 0 Å². The minimum atomic E-state index is -0.162. The maximum absolute atomic E-state index is 13.4. The molecular formula is C14H16FN3. The van der Waals surface area contributed by atoms with Crippen LogP contribution in [0.4, 0.5) is 4.39 Å². The molecule has 0 saturated carbocycles. The Bertz CT molecular complexity index is 558. The number of halogens is 1. The van der Waals surface area contributed by atoms with Crippen molar-refractivity contribution >= 4 is 0 Å². The van der Waals surface area contributed by atoms with E-state index in [-0.39, 0.29) is 11.2 Å². The summed E-state index contributed by atoms with van der Waals surface area (Å²) in [5, 5.41) is 7.49. The molecule has 1 aromatic heterocycles. The molecule has 3 rings (SSSR count). The van der Waals surface area contributed by atoms with Crippen LogP contribution in [0, 0.1) is 5.82 Å². The summed E-state index contributed by atoms with van der Waals surface area (Å²) in [5.74, 6) is -0.162. The van der Waals surface area contributed by atoms with Gasteiger partial charge in [0.25, 0.3) is 0 Å². The zero-order valence-corrected chi connectivity index (χ0v) is 10.4. The maximum Gasteiger partial charge on any atom is 0.123 e. The van der Waals surface area contributed by atoms with E-state index in [1.165, 1.54) is 11.6 Å². The Morgan fingerprint density at radius 2 is 2.28 bits per heavy atom. The topological polar surface area (TPSA) is 29.9 Å². The monoisotopic (exact) mass is 245 g/mol. The van der Waals surface area contributed by atoms with Gasteiger partial charge >= 0.3 is 0 Å². The number of rotatable bonds is 3. The number of nitrogens with one attached hydrogen (secondary N) is 1. The van der Waals surface area contributed by atoms with Crippen LogP contribution in [-0.2, 0) is 18.9 Å². The molecule has 0 aliphatic carbocycles. The van der Waals surface area contributed by atoms with Crippen molar-refractivity contribution in [3.63, 3.8) is 0 Å². The lowest BCUT2D eigenvalue weighted by molar-refractivity contribution is 0.274. The average molecular weight is 245 g/mol. The van der Waals surface area contributed by atoms with E-state index in [2.05, 4.69) is 10.4 Å². The van der Waals surface area contributed by atoms with Crippen LogP contribution in [0.2, 0.25) is 0 Å². The van der Waals surface area contributed by atoms with Gasteiger partial charge in [0.2, 0.25) is 0 Å². The first-order valence-electron chi connectivity index (χ1n) is 6.12. The van der Waals surface area contributed by atoms with Crippen molar-refractivity contribution in [2.24, 2.45) is 7.05 Å². The van der Waals surface area contributed by atoms with Crippen molar-refractivity contribution in [3.05, 3.63) is 53.6 Å². The Balaban J connectivity index is 1.90. The fourth-order valence-electron chi connectivity index (χ4n) is 2.63. The molecule has 0 bridgehead atoms. The molecule has 3 nitrogen and oxygen atoms in total. The molecule has 18 heavy (non-hydrogen) atoms. The molecule has 0 unspecified atom stereocenters. The third-order valence-electron chi connectivity index (χ3n) is 3.66. The first-order valence-corrected chi connectivity index (χ1v) is 6.12. The fraction of sp³-hybridized carbons (Fsp3) is 0.357. The van der Waals surface area contributed by atoms with Crippen molar-refractivity contribution in [2.45, 2.75) is 11.8 Å². The van der Waals surface area contributed by atoms with Gasteiger partial charge < -0.3 is 5.32 Å². The van der Waals surface area contributed by atoms with Gasteiger partial charge in [-0.1, -0.05) is 12.1 Å². The van der Waals surface area contributed by atoms with Gasteiger partial charge in [-0.25, -0.2) is 4.39 Å².